The molecule has 0 bridgehead atoms. The van der Waals surface area contributed by atoms with Crippen LogP contribution in [0.4, 0.5) is 10.1 Å². The van der Waals surface area contributed by atoms with E-state index in [1.54, 1.807) is 0 Å². The zero-order valence-corrected chi connectivity index (χ0v) is 11.8. The van der Waals surface area contributed by atoms with Crippen molar-refractivity contribution in [2.24, 2.45) is 5.92 Å². The molecular formula is C15H21FN2O2. The zero-order chi connectivity index (χ0) is 14.5. The molecular weight excluding hydrogens is 259 g/mol. The summed E-state index contributed by atoms with van der Waals surface area (Å²) in [6, 6.07) is 3.99. The second kappa shape index (κ2) is 6.79. The SMILES string of the molecule is CC1CCCCCC1NCc1cc(F)ccc1[N+](=O)[O-]. The van der Waals surface area contributed by atoms with Crippen molar-refractivity contribution < 1.29 is 9.31 Å². The van der Waals surface area contributed by atoms with E-state index in [1.165, 1.54) is 37.8 Å². The van der Waals surface area contributed by atoms with Crippen LogP contribution < -0.4 is 5.32 Å². The molecule has 1 fully saturated rings. The lowest BCUT2D eigenvalue weighted by Crippen LogP contribution is -2.34. The lowest BCUT2D eigenvalue weighted by Gasteiger charge is -2.22. The summed E-state index contributed by atoms with van der Waals surface area (Å²) in [7, 11) is 0. The van der Waals surface area contributed by atoms with Crippen LogP contribution in [0.2, 0.25) is 0 Å². The van der Waals surface area contributed by atoms with Gasteiger partial charge in [-0.3, -0.25) is 10.1 Å². The Morgan fingerprint density at radius 2 is 2.10 bits per heavy atom. The second-order valence-corrected chi connectivity index (χ2v) is 5.63. The summed E-state index contributed by atoms with van der Waals surface area (Å²) in [5.74, 6) is 0.131. The summed E-state index contributed by atoms with van der Waals surface area (Å²) in [4.78, 5) is 10.5. The molecule has 4 nitrogen and oxygen atoms in total. The van der Waals surface area contributed by atoms with Gasteiger partial charge in [-0.15, -0.1) is 0 Å². The topological polar surface area (TPSA) is 55.2 Å². The molecule has 110 valence electrons. The van der Waals surface area contributed by atoms with Gasteiger partial charge in [0.2, 0.25) is 0 Å². The quantitative estimate of drug-likeness (QED) is 0.518. The van der Waals surface area contributed by atoms with E-state index in [4.69, 9.17) is 0 Å². The number of hydrogen-bond acceptors (Lipinski definition) is 3. The van der Waals surface area contributed by atoms with Gasteiger partial charge < -0.3 is 5.32 Å². The number of benzene rings is 1. The highest BCUT2D eigenvalue weighted by molar-refractivity contribution is 5.40. The van der Waals surface area contributed by atoms with Crippen molar-refractivity contribution in [2.75, 3.05) is 0 Å². The van der Waals surface area contributed by atoms with Crippen LogP contribution in [0.3, 0.4) is 0 Å². The molecule has 2 atom stereocenters. The first kappa shape index (κ1) is 14.9. The van der Waals surface area contributed by atoms with Crippen molar-refractivity contribution in [3.8, 4) is 0 Å². The molecule has 0 amide bonds. The summed E-state index contributed by atoms with van der Waals surface area (Å²) < 4.78 is 13.3. The van der Waals surface area contributed by atoms with Crippen LogP contribution >= 0.6 is 0 Å². The monoisotopic (exact) mass is 280 g/mol. The number of nitro benzene ring substituents is 1. The number of nitrogens with zero attached hydrogens (tertiary/aromatic N) is 1. The third kappa shape index (κ3) is 3.76. The van der Waals surface area contributed by atoms with Gasteiger partial charge in [0.05, 0.1) is 4.92 Å². The highest BCUT2D eigenvalue weighted by Gasteiger charge is 2.21. The van der Waals surface area contributed by atoms with Gasteiger partial charge in [0.1, 0.15) is 5.82 Å². The molecule has 0 heterocycles. The summed E-state index contributed by atoms with van der Waals surface area (Å²) in [5, 5.41) is 14.3. The smallest absolute Gasteiger partial charge is 0.274 e. The third-order valence-electron chi connectivity index (χ3n) is 4.15. The highest BCUT2D eigenvalue weighted by atomic mass is 19.1. The molecule has 2 unspecified atom stereocenters. The maximum Gasteiger partial charge on any atom is 0.274 e. The minimum Gasteiger partial charge on any atom is -0.309 e. The largest absolute Gasteiger partial charge is 0.309 e. The fourth-order valence-electron chi connectivity index (χ4n) is 2.91. The number of nitro groups is 1. The molecule has 0 saturated heterocycles. The molecule has 0 aliphatic heterocycles. The average molecular weight is 280 g/mol. The van der Waals surface area contributed by atoms with Crippen molar-refractivity contribution >= 4 is 5.69 Å². The Morgan fingerprint density at radius 3 is 2.85 bits per heavy atom. The van der Waals surface area contributed by atoms with Gasteiger partial charge >= 0.3 is 0 Å². The van der Waals surface area contributed by atoms with Crippen molar-refractivity contribution in [1.29, 1.82) is 0 Å². The number of nitrogens with one attached hydrogen (secondary N) is 1. The Morgan fingerprint density at radius 1 is 1.35 bits per heavy atom. The van der Waals surface area contributed by atoms with E-state index in [1.807, 2.05) is 0 Å². The molecule has 2 rings (SSSR count). The van der Waals surface area contributed by atoms with Gasteiger partial charge in [0.25, 0.3) is 5.69 Å². The van der Waals surface area contributed by atoms with Crippen LogP contribution in [0.15, 0.2) is 18.2 Å². The normalized spacial score (nSPS) is 23.3. The summed E-state index contributed by atoms with van der Waals surface area (Å²) in [6.07, 6.45) is 5.96. The molecule has 5 heteroatoms. The lowest BCUT2D eigenvalue weighted by atomic mass is 9.96. The molecule has 20 heavy (non-hydrogen) atoms. The molecule has 1 aliphatic carbocycles. The molecule has 1 N–H and O–H groups in total. The van der Waals surface area contributed by atoms with Gasteiger partial charge in [-0.1, -0.05) is 26.2 Å². The zero-order valence-electron chi connectivity index (χ0n) is 11.8. The number of hydrogen-bond donors (Lipinski definition) is 1. The van der Waals surface area contributed by atoms with Crippen LogP contribution in [-0.2, 0) is 6.54 Å². The van der Waals surface area contributed by atoms with Crippen LogP contribution in [-0.4, -0.2) is 11.0 Å². The van der Waals surface area contributed by atoms with E-state index in [0.717, 1.165) is 12.5 Å². The Labute approximate surface area is 118 Å². The third-order valence-corrected chi connectivity index (χ3v) is 4.15. The van der Waals surface area contributed by atoms with E-state index in [2.05, 4.69) is 12.2 Å². The first-order valence-electron chi connectivity index (χ1n) is 7.24. The van der Waals surface area contributed by atoms with Gasteiger partial charge in [0, 0.05) is 24.2 Å². The highest BCUT2D eigenvalue weighted by Crippen LogP contribution is 2.24. The summed E-state index contributed by atoms with van der Waals surface area (Å²) >= 11 is 0. The Kier molecular flexibility index (Phi) is 5.06. The van der Waals surface area contributed by atoms with Gasteiger partial charge in [0.15, 0.2) is 0 Å². The van der Waals surface area contributed by atoms with Gasteiger partial charge in [-0.2, -0.15) is 0 Å². The number of halogens is 1. The summed E-state index contributed by atoms with van der Waals surface area (Å²) in [6.45, 7) is 2.56. The molecule has 1 saturated carbocycles. The lowest BCUT2D eigenvalue weighted by molar-refractivity contribution is -0.385. The maximum atomic E-state index is 13.3. The maximum absolute atomic E-state index is 13.3. The fourth-order valence-corrected chi connectivity index (χ4v) is 2.91. The molecule has 1 aromatic rings. The standard InChI is InChI=1S/C15H21FN2O2/c1-11-5-3-2-4-6-14(11)17-10-12-9-13(16)7-8-15(12)18(19)20/h7-9,11,14,17H,2-6,10H2,1H3. The minimum absolute atomic E-state index is 0.0137. The van der Waals surface area contributed by atoms with E-state index < -0.39 is 10.7 Å². The van der Waals surface area contributed by atoms with Crippen LogP contribution in [0.25, 0.3) is 0 Å². The molecule has 1 aliphatic rings. The van der Waals surface area contributed by atoms with E-state index in [9.17, 15) is 14.5 Å². The van der Waals surface area contributed by atoms with E-state index >= 15 is 0 Å². The fraction of sp³-hybridized carbons (Fsp3) is 0.600. The van der Waals surface area contributed by atoms with Crippen molar-refractivity contribution in [2.45, 2.75) is 51.6 Å². The second-order valence-electron chi connectivity index (χ2n) is 5.63. The van der Waals surface area contributed by atoms with Crippen LogP contribution in [0, 0.1) is 21.8 Å². The first-order chi connectivity index (χ1) is 9.58. The Hall–Kier alpha value is -1.49. The van der Waals surface area contributed by atoms with Crippen LogP contribution in [0.5, 0.6) is 0 Å². The summed E-state index contributed by atoms with van der Waals surface area (Å²) in [5.41, 5.74) is 0.409. The van der Waals surface area contributed by atoms with Gasteiger partial charge in [-0.05, 0) is 30.9 Å². The van der Waals surface area contributed by atoms with Crippen molar-refractivity contribution in [3.63, 3.8) is 0 Å². The Bertz CT molecular complexity index is 479. The molecule has 0 spiro atoms. The van der Waals surface area contributed by atoms with Crippen LogP contribution in [0.1, 0.15) is 44.6 Å². The minimum atomic E-state index is -0.451. The van der Waals surface area contributed by atoms with Gasteiger partial charge in [-0.25, -0.2) is 4.39 Å². The molecule has 0 aromatic heterocycles. The number of rotatable bonds is 4. The molecule has 0 radical (unpaired) electrons. The Balaban J connectivity index is 2.05. The van der Waals surface area contributed by atoms with Crippen molar-refractivity contribution in [3.05, 3.63) is 39.7 Å². The van der Waals surface area contributed by atoms with E-state index in [0.29, 0.717) is 24.1 Å². The predicted molar refractivity (Wildman–Crippen MR) is 75.9 cm³/mol. The first-order valence-corrected chi connectivity index (χ1v) is 7.24. The van der Waals surface area contributed by atoms with E-state index in [-0.39, 0.29) is 5.69 Å². The predicted octanol–water partition coefficient (Wildman–Crippen LogP) is 3.79. The average Bonchev–Trinajstić information content (AvgIpc) is 2.61. The van der Waals surface area contributed by atoms with Crippen molar-refractivity contribution in [1.82, 2.24) is 5.32 Å². The molecule has 1 aromatic carbocycles.